The maximum atomic E-state index is 11.2. The first kappa shape index (κ1) is 14.7. The Morgan fingerprint density at radius 2 is 2.06 bits per heavy atom. The number of carbonyl (C=O) groups is 2. The fourth-order valence-electron chi connectivity index (χ4n) is 1.06. The molecule has 0 atom stereocenters. The van der Waals surface area contributed by atoms with Crippen LogP contribution >= 0.6 is 0 Å². The number of hydrogen-bond donors (Lipinski definition) is 0. The number of rotatable bonds is 7. The number of amides is 1. The molecule has 0 aromatic heterocycles. The molecule has 0 saturated heterocycles. The minimum atomic E-state index is -0.201. The maximum Gasteiger partial charge on any atom is 0.305 e. The zero-order chi connectivity index (χ0) is 12.6. The minimum Gasteiger partial charge on any atom is -0.465 e. The van der Waals surface area contributed by atoms with Gasteiger partial charge in [0.2, 0.25) is 5.91 Å². The van der Waals surface area contributed by atoms with E-state index in [-0.39, 0.29) is 11.9 Å². The predicted molar refractivity (Wildman–Crippen MR) is 62.9 cm³/mol. The molecule has 0 saturated carbocycles. The van der Waals surface area contributed by atoms with E-state index in [4.69, 9.17) is 4.74 Å². The van der Waals surface area contributed by atoms with Crippen molar-refractivity contribution in [2.75, 3.05) is 20.2 Å². The lowest BCUT2D eigenvalue weighted by Gasteiger charge is -2.14. The summed E-state index contributed by atoms with van der Waals surface area (Å²) in [6.45, 7) is 8.37. The van der Waals surface area contributed by atoms with Crippen molar-refractivity contribution >= 4 is 11.9 Å². The average Bonchev–Trinajstić information content (AvgIpc) is 2.24. The topological polar surface area (TPSA) is 46.6 Å². The first-order valence-corrected chi connectivity index (χ1v) is 5.50. The van der Waals surface area contributed by atoms with Crippen LogP contribution in [0, 0.1) is 5.92 Å². The molecule has 0 aliphatic carbocycles. The van der Waals surface area contributed by atoms with E-state index in [1.165, 1.54) is 11.0 Å². The Balaban J connectivity index is 3.61. The van der Waals surface area contributed by atoms with Crippen LogP contribution in [0.15, 0.2) is 12.7 Å². The highest BCUT2D eigenvalue weighted by Gasteiger charge is 2.07. The minimum absolute atomic E-state index is 0.129. The van der Waals surface area contributed by atoms with Crippen molar-refractivity contribution in [3.05, 3.63) is 12.7 Å². The number of nitrogens with zero attached hydrogens (tertiary/aromatic N) is 1. The largest absolute Gasteiger partial charge is 0.465 e. The lowest BCUT2D eigenvalue weighted by molar-refractivity contribution is -0.145. The first-order chi connectivity index (χ1) is 7.47. The zero-order valence-electron chi connectivity index (χ0n) is 10.4. The van der Waals surface area contributed by atoms with Gasteiger partial charge in [-0.25, -0.2) is 0 Å². The van der Waals surface area contributed by atoms with E-state index < -0.39 is 0 Å². The fraction of sp³-hybridized carbons (Fsp3) is 0.667. The molecule has 1 amide bonds. The van der Waals surface area contributed by atoms with E-state index in [0.717, 1.165) is 0 Å². The van der Waals surface area contributed by atoms with E-state index in [1.807, 2.05) is 13.8 Å². The summed E-state index contributed by atoms with van der Waals surface area (Å²) in [5.74, 6) is 0.0256. The van der Waals surface area contributed by atoms with E-state index in [9.17, 15) is 9.59 Å². The van der Waals surface area contributed by atoms with Gasteiger partial charge in [-0.2, -0.15) is 0 Å². The number of likely N-dealkylation sites (N-methyl/N-ethyl adjacent to an activating group) is 1. The van der Waals surface area contributed by atoms with Crippen LogP contribution in [0.3, 0.4) is 0 Å². The van der Waals surface area contributed by atoms with Gasteiger partial charge in [-0.05, 0) is 18.4 Å². The van der Waals surface area contributed by atoms with Crippen molar-refractivity contribution in [1.82, 2.24) is 4.90 Å². The molecule has 4 nitrogen and oxygen atoms in total. The summed E-state index contributed by atoms with van der Waals surface area (Å²) < 4.78 is 5.01. The molecule has 0 bridgehead atoms. The summed E-state index contributed by atoms with van der Waals surface area (Å²) >= 11 is 0. The Kier molecular flexibility index (Phi) is 7.25. The third kappa shape index (κ3) is 7.04. The van der Waals surface area contributed by atoms with Crippen LogP contribution < -0.4 is 0 Å². The van der Waals surface area contributed by atoms with Crippen LogP contribution in [0.4, 0.5) is 0 Å². The number of esters is 1. The summed E-state index contributed by atoms with van der Waals surface area (Å²) in [6, 6.07) is 0. The predicted octanol–water partition coefficient (Wildman–Crippen LogP) is 1.61. The molecule has 0 aliphatic heterocycles. The number of carbonyl (C=O) groups excluding carboxylic acids is 2. The van der Waals surface area contributed by atoms with Crippen LogP contribution in [0.2, 0.25) is 0 Å². The fourth-order valence-corrected chi connectivity index (χ4v) is 1.06. The van der Waals surface area contributed by atoms with E-state index >= 15 is 0 Å². The summed E-state index contributed by atoms with van der Waals surface area (Å²) in [6.07, 6.45) is 2.23. The molecule has 92 valence electrons. The van der Waals surface area contributed by atoms with Gasteiger partial charge < -0.3 is 9.64 Å². The molecule has 0 unspecified atom stereocenters. The van der Waals surface area contributed by atoms with Gasteiger partial charge in [-0.3, -0.25) is 9.59 Å². The molecule has 0 N–H and O–H groups in total. The van der Waals surface area contributed by atoms with Gasteiger partial charge in [0, 0.05) is 20.0 Å². The molecule has 0 heterocycles. The Morgan fingerprint density at radius 3 is 2.56 bits per heavy atom. The average molecular weight is 227 g/mol. The Labute approximate surface area is 97.3 Å². The molecule has 0 spiro atoms. The summed E-state index contributed by atoms with van der Waals surface area (Å²) in [5, 5.41) is 0. The highest BCUT2D eigenvalue weighted by molar-refractivity contribution is 5.86. The van der Waals surface area contributed by atoms with Gasteiger partial charge in [-0.15, -0.1) is 0 Å². The van der Waals surface area contributed by atoms with Crippen LogP contribution in [-0.2, 0) is 14.3 Å². The normalized spacial score (nSPS) is 10.0. The standard InChI is InChI=1S/C12H21NO3/c1-5-11(14)13(4)8-6-7-12(15)16-9-10(2)3/h5,10H,1,6-9H2,2-4H3. The van der Waals surface area contributed by atoms with Crippen molar-refractivity contribution in [3.8, 4) is 0 Å². The van der Waals surface area contributed by atoms with Crippen molar-refractivity contribution in [1.29, 1.82) is 0 Å². The summed E-state index contributed by atoms with van der Waals surface area (Å²) in [5.41, 5.74) is 0. The van der Waals surface area contributed by atoms with E-state index in [1.54, 1.807) is 7.05 Å². The molecule has 0 radical (unpaired) electrons. The second kappa shape index (κ2) is 7.91. The lowest BCUT2D eigenvalue weighted by atomic mass is 10.2. The highest BCUT2D eigenvalue weighted by atomic mass is 16.5. The second-order valence-electron chi connectivity index (χ2n) is 4.14. The van der Waals surface area contributed by atoms with Gasteiger partial charge in [0.05, 0.1) is 6.61 Å². The molecule has 16 heavy (non-hydrogen) atoms. The molecule has 0 aromatic carbocycles. The van der Waals surface area contributed by atoms with Crippen molar-refractivity contribution < 1.29 is 14.3 Å². The molecular formula is C12H21NO3. The van der Waals surface area contributed by atoms with Crippen LogP contribution in [0.25, 0.3) is 0 Å². The van der Waals surface area contributed by atoms with Crippen molar-refractivity contribution in [2.45, 2.75) is 26.7 Å². The summed E-state index contributed by atoms with van der Waals surface area (Å²) in [4.78, 5) is 23.8. The molecule has 0 aromatic rings. The molecule has 0 rings (SSSR count). The lowest BCUT2D eigenvalue weighted by Crippen LogP contribution is -2.26. The van der Waals surface area contributed by atoms with Crippen LogP contribution in [0.1, 0.15) is 26.7 Å². The maximum absolute atomic E-state index is 11.2. The van der Waals surface area contributed by atoms with Gasteiger partial charge in [0.25, 0.3) is 0 Å². The Bertz CT molecular complexity index is 249. The van der Waals surface area contributed by atoms with Crippen molar-refractivity contribution in [3.63, 3.8) is 0 Å². The first-order valence-electron chi connectivity index (χ1n) is 5.50. The molecule has 0 aliphatic rings. The highest BCUT2D eigenvalue weighted by Crippen LogP contribution is 1.99. The number of ether oxygens (including phenoxy) is 1. The summed E-state index contributed by atoms with van der Waals surface area (Å²) in [7, 11) is 1.68. The second-order valence-corrected chi connectivity index (χ2v) is 4.14. The van der Waals surface area contributed by atoms with Gasteiger partial charge >= 0.3 is 5.97 Å². The SMILES string of the molecule is C=CC(=O)N(C)CCCC(=O)OCC(C)C. The smallest absolute Gasteiger partial charge is 0.305 e. The molecular weight excluding hydrogens is 206 g/mol. The van der Waals surface area contributed by atoms with Crippen molar-refractivity contribution in [2.24, 2.45) is 5.92 Å². The quantitative estimate of drug-likeness (QED) is 0.490. The Hall–Kier alpha value is -1.32. The number of hydrogen-bond acceptors (Lipinski definition) is 3. The zero-order valence-corrected chi connectivity index (χ0v) is 10.4. The third-order valence-electron chi connectivity index (χ3n) is 2.00. The van der Waals surface area contributed by atoms with E-state index in [0.29, 0.717) is 31.9 Å². The monoisotopic (exact) mass is 227 g/mol. The van der Waals surface area contributed by atoms with Gasteiger partial charge in [0.15, 0.2) is 0 Å². The van der Waals surface area contributed by atoms with Crippen LogP contribution in [0.5, 0.6) is 0 Å². The van der Waals surface area contributed by atoms with Gasteiger partial charge in [-0.1, -0.05) is 20.4 Å². The molecule has 4 heteroatoms. The molecule has 0 fully saturated rings. The Morgan fingerprint density at radius 1 is 1.44 bits per heavy atom. The van der Waals surface area contributed by atoms with E-state index in [2.05, 4.69) is 6.58 Å². The third-order valence-corrected chi connectivity index (χ3v) is 2.00. The van der Waals surface area contributed by atoms with Crippen LogP contribution in [-0.4, -0.2) is 37.0 Å². The van der Waals surface area contributed by atoms with Gasteiger partial charge in [0.1, 0.15) is 0 Å².